The zero-order valence-corrected chi connectivity index (χ0v) is 8.18. The normalized spacial score (nSPS) is 12.9. The van der Waals surface area contributed by atoms with Crippen molar-refractivity contribution in [2.75, 3.05) is 6.61 Å². The summed E-state index contributed by atoms with van der Waals surface area (Å²) in [5.74, 6) is 3.37. The number of aryl methyl sites for hydroxylation is 1. The molecule has 1 aromatic carbocycles. The smallest absolute Gasteiger partial charge is 0.129 e. The molecule has 14 heavy (non-hydrogen) atoms. The fourth-order valence-corrected chi connectivity index (χ4v) is 1.41. The highest BCUT2D eigenvalue weighted by molar-refractivity contribution is 5.28. The zero-order chi connectivity index (χ0) is 10.7. The molecule has 0 radical (unpaired) electrons. The van der Waals surface area contributed by atoms with Gasteiger partial charge in [-0.1, -0.05) is 6.92 Å². The minimum atomic E-state index is -0.549. The highest BCUT2D eigenvalue weighted by atomic mass is 19.1. The van der Waals surface area contributed by atoms with Gasteiger partial charge in [0.2, 0.25) is 0 Å². The summed E-state index contributed by atoms with van der Waals surface area (Å²) in [6.45, 7) is 3.39. The van der Waals surface area contributed by atoms with Crippen LogP contribution in [0.15, 0.2) is 12.1 Å². The van der Waals surface area contributed by atoms with E-state index in [-0.39, 0.29) is 18.1 Å². The second kappa shape index (κ2) is 4.48. The Morgan fingerprint density at radius 3 is 2.29 bits per heavy atom. The molecule has 1 unspecified atom stereocenters. The van der Waals surface area contributed by atoms with Crippen LogP contribution in [0.1, 0.15) is 24.0 Å². The first-order chi connectivity index (χ1) is 6.56. The van der Waals surface area contributed by atoms with Crippen LogP contribution >= 0.6 is 0 Å². The van der Waals surface area contributed by atoms with Crippen molar-refractivity contribution in [2.45, 2.75) is 19.8 Å². The van der Waals surface area contributed by atoms with Crippen LogP contribution < -0.4 is 5.90 Å². The molecule has 4 heteroatoms. The number of hydrogen-bond donors (Lipinski definition) is 1. The summed E-state index contributed by atoms with van der Waals surface area (Å²) >= 11 is 0. The van der Waals surface area contributed by atoms with Crippen LogP contribution in [-0.2, 0) is 4.84 Å². The molecule has 0 spiro atoms. The summed E-state index contributed by atoms with van der Waals surface area (Å²) in [6.07, 6.45) is 0. The quantitative estimate of drug-likeness (QED) is 0.761. The first-order valence-corrected chi connectivity index (χ1v) is 4.33. The standard InChI is InChI=1S/C10H13F2NO/c1-6-3-8(11)10(9(12)4-6)7(2)5-14-13/h3-4,7H,5,13H2,1-2H3. The Morgan fingerprint density at radius 1 is 1.36 bits per heavy atom. The molecule has 1 atom stereocenters. The van der Waals surface area contributed by atoms with E-state index in [0.29, 0.717) is 5.56 Å². The van der Waals surface area contributed by atoms with E-state index in [2.05, 4.69) is 4.84 Å². The maximum Gasteiger partial charge on any atom is 0.129 e. The Bertz CT molecular complexity index is 305. The molecule has 0 saturated heterocycles. The van der Waals surface area contributed by atoms with Crippen molar-refractivity contribution in [2.24, 2.45) is 5.90 Å². The van der Waals surface area contributed by atoms with Crippen molar-refractivity contribution in [3.05, 3.63) is 34.9 Å². The topological polar surface area (TPSA) is 35.2 Å². The SMILES string of the molecule is Cc1cc(F)c(C(C)CON)c(F)c1. The summed E-state index contributed by atoms with van der Waals surface area (Å²) in [4.78, 5) is 4.36. The van der Waals surface area contributed by atoms with E-state index in [0.717, 1.165) is 0 Å². The Labute approximate surface area is 81.6 Å². The predicted molar refractivity (Wildman–Crippen MR) is 49.6 cm³/mol. The van der Waals surface area contributed by atoms with Crippen molar-refractivity contribution < 1.29 is 13.6 Å². The first kappa shape index (κ1) is 11.1. The minimum Gasteiger partial charge on any atom is -0.304 e. The minimum absolute atomic E-state index is 0.0288. The third kappa shape index (κ3) is 2.27. The van der Waals surface area contributed by atoms with Crippen molar-refractivity contribution in [3.63, 3.8) is 0 Å². The molecule has 0 amide bonds. The molecule has 0 bridgehead atoms. The summed E-state index contributed by atoms with van der Waals surface area (Å²) < 4.78 is 26.7. The van der Waals surface area contributed by atoms with Gasteiger partial charge < -0.3 is 4.84 Å². The molecule has 2 nitrogen and oxygen atoms in total. The zero-order valence-electron chi connectivity index (χ0n) is 8.18. The highest BCUT2D eigenvalue weighted by Crippen LogP contribution is 2.23. The highest BCUT2D eigenvalue weighted by Gasteiger charge is 2.16. The molecule has 1 aromatic rings. The monoisotopic (exact) mass is 201 g/mol. The molecule has 0 saturated carbocycles. The van der Waals surface area contributed by atoms with Gasteiger partial charge in [-0.25, -0.2) is 14.7 Å². The molecule has 0 aromatic heterocycles. The largest absolute Gasteiger partial charge is 0.304 e. The molecular formula is C10H13F2NO. The van der Waals surface area contributed by atoms with E-state index < -0.39 is 11.6 Å². The van der Waals surface area contributed by atoms with Crippen LogP contribution in [0.25, 0.3) is 0 Å². The second-order valence-corrected chi connectivity index (χ2v) is 3.38. The lowest BCUT2D eigenvalue weighted by molar-refractivity contribution is 0.125. The van der Waals surface area contributed by atoms with E-state index >= 15 is 0 Å². The fraction of sp³-hybridized carbons (Fsp3) is 0.400. The van der Waals surface area contributed by atoms with Crippen LogP contribution in [0.4, 0.5) is 8.78 Å². The van der Waals surface area contributed by atoms with Gasteiger partial charge in [-0.3, -0.25) is 0 Å². The summed E-state index contributed by atoms with van der Waals surface area (Å²) in [5, 5.41) is 0. The Morgan fingerprint density at radius 2 is 1.86 bits per heavy atom. The van der Waals surface area contributed by atoms with Gasteiger partial charge in [0.05, 0.1) is 6.61 Å². The molecule has 0 heterocycles. The van der Waals surface area contributed by atoms with Gasteiger partial charge in [-0.2, -0.15) is 0 Å². The summed E-state index contributed by atoms with van der Waals surface area (Å²) in [6, 6.07) is 2.59. The number of nitrogens with two attached hydrogens (primary N) is 1. The van der Waals surface area contributed by atoms with E-state index in [1.165, 1.54) is 12.1 Å². The van der Waals surface area contributed by atoms with Gasteiger partial charge in [-0.05, 0) is 24.6 Å². The molecule has 0 aliphatic heterocycles. The van der Waals surface area contributed by atoms with Gasteiger partial charge in [0.25, 0.3) is 0 Å². The lowest BCUT2D eigenvalue weighted by Gasteiger charge is -2.12. The van der Waals surface area contributed by atoms with Crippen LogP contribution in [-0.4, -0.2) is 6.61 Å². The maximum atomic E-state index is 13.3. The number of halogens is 2. The first-order valence-electron chi connectivity index (χ1n) is 4.33. The third-order valence-electron chi connectivity index (χ3n) is 2.06. The van der Waals surface area contributed by atoms with Crippen LogP contribution in [0, 0.1) is 18.6 Å². The van der Waals surface area contributed by atoms with Gasteiger partial charge in [0.1, 0.15) is 11.6 Å². The van der Waals surface area contributed by atoms with E-state index in [9.17, 15) is 8.78 Å². The second-order valence-electron chi connectivity index (χ2n) is 3.38. The van der Waals surface area contributed by atoms with Gasteiger partial charge in [-0.15, -0.1) is 0 Å². The lowest BCUT2D eigenvalue weighted by atomic mass is 9.99. The predicted octanol–water partition coefficient (Wildman–Crippen LogP) is 2.27. The van der Waals surface area contributed by atoms with Crippen molar-refractivity contribution in [1.29, 1.82) is 0 Å². The van der Waals surface area contributed by atoms with Gasteiger partial charge in [0.15, 0.2) is 0 Å². The fourth-order valence-electron chi connectivity index (χ4n) is 1.41. The van der Waals surface area contributed by atoms with Crippen LogP contribution in [0.2, 0.25) is 0 Å². The summed E-state index contributed by atoms with van der Waals surface area (Å²) in [7, 11) is 0. The van der Waals surface area contributed by atoms with Crippen LogP contribution in [0.5, 0.6) is 0 Å². The van der Waals surface area contributed by atoms with Crippen molar-refractivity contribution in [1.82, 2.24) is 0 Å². The summed E-state index contributed by atoms with van der Waals surface area (Å²) in [5.41, 5.74) is 0.589. The average Bonchev–Trinajstić information content (AvgIpc) is 2.01. The molecule has 1 rings (SSSR count). The average molecular weight is 201 g/mol. The Hall–Kier alpha value is -1.00. The Balaban J connectivity index is 3.07. The number of benzene rings is 1. The number of hydrogen-bond acceptors (Lipinski definition) is 2. The molecule has 0 fully saturated rings. The third-order valence-corrected chi connectivity index (χ3v) is 2.06. The van der Waals surface area contributed by atoms with Gasteiger partial charge >= 0.3 is 0 Å². The number of rotatable bonds is 3. The van der Waals surface area contributed by atoms with Crippen LogP contribution in [0.3, 0.4) is 0 Å². The molecule has 0 aliphatic rings. The Kier molecular flexibility index (Phi) is 3.55. The molecule has 2 N–H and O–H groups in total. The van der Waals surface area contributed by atoms with E-state index in [1.807, 2.05) is 0 Å². The van der Waals surface area contributed by atoms with E-state index in [4.69, 9.17) is 5.90 Å². The maximum absolute atomic E-state index is 13.3. The van der Waals surface area contributed by atoms with Crippen molar-refractivity contribution in [3.8, 4) is 0 Å². The van der Waals surface area contributed by atoms with Crippen molar-refractivity contribution >= 4 is 0 Å². The molecule has 78 valence electrons. The van der Waals surface area contributed by atoms with E-state index in [1.54, 1.807) is 13.8 Å². The van der Waals surface area contributed by atoms with Gasteiger partial charge in [0, 0.05) is 11.5 Å². The lowest BCUT2D eigenvalue weighted by Crippen LogP contribution is -2.11. The molecule has 0 aliphatic carbocycles. The molecular weight excluding hydrogens is 188 g/mol.